The first-order valence-corrected chi connectivity index (χ1v) is 9.22. The van der Waals surface area contributed by atoms with Crippen LogP contribution in [0.3, 0.4) is 0 Å². The van der Waals surface area contributed by atoms with Crippen LogP contribution in [-0.4, -0.2) is 47.9 Å². The lowest BCUT2D eigenvalue weighted by atomic mass is 10.1. The lowest BCUT2D eigenvalue weighted by Gasteiger charge is -2.25. The molecule has 0 aromatic carbocycles. The molecule has 2 rings (SSSR count). The molecular formula is C15H23N3O4S. The highest BCUT2D eigenvalue weighted by Crippen LogP contribution is 2.21. The molecule has 2 N–H and O–H groups in total. The molecule has 7 nitrogen and oxygen atoms in total. The molecule has 1 saturated heterocycles. The summed E-state index contributed by atoms with van der Waals surface area (Å²) < 4.78 is 26.5. The number of carbonyl (C=O) groups is 1. The second-order valence-corrected chi connectivity index (χ2v) is 7.99. The van der Waals surface area contributed by atoms with Crippen molar-refractivity contribution in [1.82, 2.24) is 9.29 Å². The van der Waals surface area contributed by atoms with E-state index < -0.39 is 22.0 Å². The smallest absolute Gasteiger partial charge is 0.326 e. The minimum Gasteiger partial charge on any atom is -0.480 e. The summed E-state index contributed by atoms with van der Waals surface area (Å²) in [6, 6.07) is 2.21. The summed E-state index contributed by atoms with van der Waals surface area (Å²) in [6.45, 7) is 4.66. The molecule has 0 saturated carbocycles. The normalized spacial score (nSPS) is 17.9. The van der Waals surface area contributed by atoms with Gasteiger partial charge in [-0.15, -0.1) is 0 Å². The Kier molecular flexibility index (Phi) is 5.59. The van der Waals surface area contributed by atoms with Gasteiger partial charge < -0.3 is 10.4 Å². The minimum absolute atomic E-state index is 0.119. The first kappa shape index (κ1) is 17.7. The van der Waals surface area contributed by atoms with Crippen molar-refractivity contribution < 1.29 is 18.3 Å². The van der Waals surface area contributed by atoms with Crippen molar-refractivity contribution in [1.29, 1.82) is 0 Å². The Hall–Kier alpha value is -1.67. The fraction of sp³-hybridized carbons (Fsp3) is 0.600. The van der Waals surface area contributed by atoms with Crippen LogP contribution in [0, 0.1) is 5.92 Å². The van der Waals surface area contributed by atoms with Crippen LogP contribution in [0.25, 0.3) is 0 Å². The molecule has 1 aliphatic heterocycles. The molecular weight excluding hydrogens is 318 g/mol. The van der Waals surface area contributed by atoms with E-state index in [2.05, 4.69) is 10.3 Å². The van der Waals surface area contributed by atoms with Crippen LogP contribution in [0.15, 0.2) is 23.2 Å². The number of aliphatic carboxylic acids is 1. The third kappa shape index (κ3) is 4.20. The maximum Gasteiger partial charge on any atom is 0.326 e. The molecule has 1 aromatic rings. The number of carboxylic acids is 1. The van der Waals surface area contributed by atoms with Crippen LogP contribution in [-0.2, 0) is 14.8 Å². The highest BCUT2D eigenvalue weighted by atomic mass is 32.2. The van der Waals surface area contributed by atoms with E-state index >= 15 is 0 Å². The van der Waals surface area contributed by atoms with E-state index in [4.69, 9.17) is 5.11 Å². The van der Waals surface area contributed by atoms with Crippen molar-refractivity contribution in [2.24, 2.45) is 5.92 Å². The van der Waals surface area contributed by atoms with Crippen LogP contribution in [0.1, 0.15) is 33.1 Å². The van der Waals surface area contributed by atoms with Gasteiger partial charge in [0.25, 0.3) is 0 Å². The molecule has 1 aromatic heterocycles. The van der Waals surface area contributed by atoms with Gasteiger partial charge in [0.2, 0.25) is 10.0 Å². The number of hydrogen-bond acceptors (Lipinski definition) is 5. The summed E-state index contributed by atoms with van der Waals surface area (Å²) in [4.78, 5) is 15.4. The molecule has 0 unspecified atom stereocenters. The van der Waals surface area contributed by atoms with Gasteiger partial charge in [-0.1, -0.05) is 20.3 Å². The topological polar surface area (TPSA) is 99.6 Å². The molecule has 1 aliphatic rings. The molecule has 128 valence electrons. The van der Waals surface area contributed by atoms with Crippen molar-refractivity contribution in [2.45, 2.75) is 44.0 Å². The van der Waals surface area contributed by atoms with Crippen molar-refractivity contribution >= 4 is 21.8 Å². The van der Waals surface area contributed by atoms with Gasteiger partial charge in [-0.3, -0.25) is 0 Å². The van der Waals surface area contributed by atoms with Crippen LogP contribution < -0.4 is 5.32 Å². The van der Waals surface area contributed by atoms with Crippen molar-refractivity contribution in [3.8, 4) is 0 Å². The molecule has 0 radical (unpaired) electrons. The summed E-state index contributed by atoms with van der Waals surface area (Å²) in [5.41, 5.74) is 0. The number of nitrogens with zero attached hydrogens (tertiary/aromatic N) is 2. The summed E-state index contributed by atoms with van der Waals surface area (Å²) in [5, 5.41) is 12.0. The van der Waals surface area contributed by atoms with E-state index in [0.717, 1.165) is 19.3 Å². The maximum atomic E-state index is 12.5. The summed E-state index contributed by atoms with van der Waals surface area (Å²) in [6.07, 6.45) is 4.09. The van der Waals surface area contributed by atoms with Gasteiger partial charge in [0.15, 0.2) is 0 Å². The van der Waals surface area contributed by atoms with E-state index in [0.29, 0.717) is 18.9 Å². The SMILES string of the molecule is CC(C)[C@@H](Nc1ccc(S(=O)(=O)N2CCCCC2)cn1)C(=O)O. The fourth-order valence-corrected chi connectivity index (χ4v) is 4.01. The minimum atomic E-state index is -3.51. The fourth-order valence-electron chi connectivity index (χ4n) is 2.55. The summed E-state index contributed by atoms with van der Waals surface area (Å²) in [5.74, 6) is -0.735. The molecule has 0 spiro atoms. The third-order valence-electron chi connectivity index (χ3n) is 3.93. The number of nitrogens with one attached hydrogen (secondary N) is 1. The number of hydrogen-bond donors (Lipinski definition) is 2. The van der Waals surface area contributed by atoms with Gasteiger partial charge in [0.1, 0.15) is 16.8 Å². The Balaban J connectivity index is 2.14. The molecule has 0 aliphatic carbocycles. The predicted octanol–water partition coefficient (Wildman–Crippen LogP) is 1.78. The van der Waals surface area contributed by atoms with Crippen LogP contribution in [0.5, 0.6) is 0 Å². The van der Waals surface area contributed by atoms with Crippen molar-refractivity contribution in [3.05, 3.63) is 18.3 Å². The molecule has 23 heavy (non-hydrogen) atoms. The first-order chi connectivity index (χ1) is 10.8. The number of rotatable bonds is 6. The van der Waals surface area contributed by atoms with Gasteiger partial charge >= 0.3 is 5.97 Å². The van der Waals surface area contributed by atoms with Crippen molar-refractivity contribution in [3.63, 3.8) is 0 Å². The Morgan fingerprint density at radius 3 is 2.39 bits per heavy atom. The van der Waals surface area contributed by atoms with Gasteiger partial charge in [-0.25, -0.2) is 18.2 Å². The maximum absolute atomic E-state index is 12.5. The molecule has 0 amide bonds. The average molecular weight is 341 g/mol. The van der Waals surface area contributed by atoms with Gasteiger partial charge in [0.05, 0.1) is 0 Å². The lowest BCUT2D eigenvalue weighted by Crippen LogP contribution is -2.36. The van der Waals surface area contributed by atoms with E-state index in [1.807, 2.05) is 0 Å². The van der Waals surface area contributed by atoms with Crippen LogP contribution in [0.4, 0.5) is 5.82 Å². The summed E-state index contributed by atoms with van der Waals surface area (Å²) >= 11 is 0. The standard InChI is InChI=1S/C15H23N3O4S/c1-11(2)14(15(19)20)17-13-7-6-12(10-16-13)23(21,22)18-8-4-3-5-9-18/h6-7,10-11,14H,3-5,8-9H2,1-2H3,(H,16,17)(H,19,20)/t14-/m1/s1. The molecule has 2 heterocycles. The Morgan fingerprint density at radius 1 is 1.26 bits per heavy atom. The molecule has 1 atom stereocenters. The molecule has 8 heteroatoms. The average Bonchev–Trinajstić information content (AvgIpc) is 2.53. The third-order valence-corrected chi connectivity index (χ3v) is 5.81. The van der Waals surface area contributed by atoms with Gasteiger partial charge in [-0.05, 0) is 30.9 Å². The summed E-state index contributed by atoms with van der Waals surface area (Å²) in [7, 11) is -3.51. The number of pyridine rings is 1. The number of anilines is 1. The number of piperidine rings is 1. The first-order valence-electron chi connectivity index (χ1n) is 7.78. The number of aromatic nitrogens is 1. The number of carboxylic acid groups (broad SMARTS) is 1. The zero-order chi connectivity index (χ0) is 17.0. The van der Waals surface area contributed by atoms with Crippen molar-refractivity contribution in [2.75, 3.05) is 18.4 Å². The van der Waals surface area contributed by atoms with Gasteiger partial charge in [-0.2, -0.15) is 4.31 Å². The Labute approximate surface area is 136 Å². The van der Waals surface area contributed by atoms with E-state index in [1.54, 1.807) is 13.8 Å². The zero-order valence-corrected chi connectivity index (χ0v) is 14.2. The Bertz CT molecular complexity index is 637. The predicted molar refractivity (Wildman–Crippen MR) is 86.7 cm³/mol. The quantitative estimate of drug-likeness (QED) is 0.818. The van der Waals surface area contributed by atoms with Crippen LogP contribution >= 0.6 is 0 Å². The van der Waals surface area contributed by atoms with E-state index in [1.165, 1.54) is 22.6 Å². The largest absolute Gasteiger partial charge is 0.480 e. The molecule has 0 bridgehead atoms. The second-order valence-electron chi connectivity index (χ2n) is 6.05. The highest BCUT2D eigenvalue weighted by molar-refractivity contribution is 7.89. The lowest BCUT2D eigenvalue weighted by molar-refractivity contribution is -0.138. The monoisotopic (exact) mass is 341 g/mol. The highest BCUT2D eigenvalue weighted by Gasteiger charge is 2.26. The zero-order valence-electron chi connectivity index (χ0n) is 13.4. The molecule has 1 fully saturated rings. The second kappa shape index (κ2) is 7.27. The van der Waals surface area contributed by atoms with E-state index in [-0.39, 0.29) is 10.8 Å². The van der Waals surface area contributed by atoms with Crippen LogP contribution in [0.2, 0.25) is 0 Å². The number of sulfonamides is 1. The van der Waals surface area contributed by atoms with E-state index in [9.17, 15) is 13.2 Å². The van der Waals surface area contributed by atoms with Gasteiger partial charge in [0, 0.05) is 19.3 Å². The Morgan fingerprint density at radius 2 is 1.91 bits per heavy atom.